The maximum Gasteiger partial charge on any atom is 0.269 e. The average molecular weight is 542 g/mol. The maximum absolute atomic E-state index is 13.7. The number of aryl methyl sites for hydroxylation is 3. The molecule has 0 saturated heterocycles. The number of benzene rings is 2. The number of carbonyl (C=O) groups is 1. The predicted octanol–water partition coefficient (Wildman–Crippen LogP) is 8.50. The van der Waals surface area contributed by atoms with Crippen molar-refractivity contribution in [1.29, 1.82) is 0 Å². The second kappa shape index (κ2) is 11.4. The molecule has 0 bridgehead atoms. The molecule has 1 N–H and O–H groups in total. The second-order valence-corrected chi connectivity index (χ2v) is 11.1. The highest BCUT2D eigenvalue weighted by atomic mass is 32.1. The number of furan rings is 1. The van der Waals surface area contributed by atoms with Gasteiger partial charge in [-0.25, -0.2) is 4.99 Å². The molecule has 2 aromatic carbocycles. The fourth-order valence-electron chi connectivity index (χ4n) is 5.03. The van der Waals surface area contributed by atoms with E-state index in [2.05, 4.69) is 5.32 Å². The molecule has 4 aromatic rings. The number of thiophene rings is 1. The Morgan fingerprint density at radius 3 is 2.59 bits per heavy atom. The van der Waals surface area contributed by atoms with E-state index < -0.39 is 4.92 Å². The smallest absolute Gasteiger partial charge is 0.269 e. The molecule has 200 valence electrons. The van der Waals surface area contributed by atoms with Crippen LogP contribution in [0.4, 0.5) is 16.4 Å². The number of carbonyl (C=O) groups excluding carboxylic acids is 1. The largest absolute Gasteiger partial charge is 0.455 e. The molecule has 2 aromatic heterocycles. The molecular weight excluding hydrogens is 510 g/mol. The van der Waals surface area contributed by atoms with Gasteiger partial charge in [-0.3, -0.25) is 14.9 Å². The van der Waals surface area contributed by atoms with Crippen LogP contribution in [0.1, 0.15) is 68.9 Å². The first kappa shape index (κ1) is 26.6. The van der Waals surface area contributed by atoms with E-state index in [4.69, 9.17) is 9.41 Å². The van der Waals surface area contributed by atoms with Crippen LogP contribution in [0.15, 0.2) is 57.9 Å². The average Bonchev–Trinajstić information content (AvgIpc) is 3.49. The number of hydrogen-bond acceptors (Lipinski definition) is 6. The van der Waals surface area contributed by atoms with Crippen LogP contribution in [0.2, 0.25) is 0 Å². The Hall–Kier alpha value is -4.04. The number of nitro groups is 1. The number of fused-ring (bicyclic) bond motifs is 1. The van der Waals surface area contributed by atoms with Gasteiger partial charge in [0, 0.05) is 28.3 Å². The Balaban J connectivity index is 1.46. The van der Waals surface area contributed by atoms with Crippen molar-refractivity contribution in [3.8, 4) is 11.3 Å². The molecule has 0 saturated carbocycles. The lowest BCUT2D eigenvalue weighted by molar-refractivity contribution is -0.384. The van der Waals surface area contributed by atoms with Gasteiger partial charge in [-0.15, -0.1) is 11.3 Å². The van der Waals surface area contributed by atoms with Crippen LogP contribution in [0.25, 0.3) is 11.3 Å². The number of anilines is 1. The van der Waals surface area contributed by atoms with Crippen molar-refractivity contribution in [3.05, 3.63) is 97.1 Å². The molecule has 0 unspecified atom stereocenters. The van der Waals surface area contributed by atoms with Crippen molar-refractivity contribution < 1.29 is 14.1 Å². The van der Waals surface area contributed by atoms with Crippen molar-refractivity contribution in [2.24, 2.45) is 4.99 Å². The fourth-order valence-corrected chi connectivity index (χ4v) is 6.26. The molecular formula is C31H31N3O4S. The summed E-state index contributed by atoms with van der Waals surface area (Å²) in [4.78, 5) is 30.4. The summed E-state index contributed by atoms with van der Waals surface area (Å²) >= 11 is 1.60. The standard InChI is InChI=1S/C31H31N3O4S/c1-19-9-8-11-26(21(19)3)33-30(35)29-25-10-6-4-5-7-12-28(25)39-31(29)32-18-23-14-16-27(38-23)24-15-13-22(34(36)37)17-20(24)2/h8-9,11,13-18H,4-7,10,12H2,1-3H3,(H,33,35). The minimum absolute atomic E-state index is 0.0458. The summed E-state index contributed by atoms with van der Waals surface area (Å²) in [6, 6.07) is 14.3. The highest BCUT2D eigenvalue weighted by molar-refractivity contribution is 7.16. The number of nitrogens with zero attached hydrogens (tertiary/aromatic N) is 2. The van der Waals surface area contributed by atoms with E-state index in [1.165, 1.54) is 29.9 Å². The van der Waals surface area contributed by atoms with Gasteiger partial charge in [0.15, 0.2) is 0 Å². The maximum atomic E-state index is 13.7. The molecule has 1 aliphatic carbocycles. The number of nitrogens with one attached hydrogen (secondary N) is 1. The molecule has 2 heterocycles. The van der Waals surface area contributed by atoms with E-state index in [0.717, 1.165) is 59.2 Å². The molecule has 8 heteroatoms. The quantitative estimate of drug-likeness (QED) is 0.150. The summed E-state index contributed by atoms with van der Waals surface area (Å²) in [6.45, 7) is 5.88. The lowest BCUT2D eigenvalue weighted by atomic mass is 9.96. The van der Waals surface area contributed by atoms with E-state index in [-0.39, 0.29) is 11.6 Å². The molecule has 39 heavy (non-hydrogen) atoms. The van der Waals surface area contributed by atoms with E-state index in [1.807, 2.05) is 51.1 Å². The van der Waals surface area contributed by atoms with Gasteiger partial charge in [-0.2, -0.15) is 0 Å². The number of nitro benzene ring substituents is 1. The second-order valence-electron chi connectivity index (χ2n) is 10.0. The minimum atomic E-state index is -0.407. The SMILES string of the molecule is Cc1cc([N+](=O)[O-])ccc1-c1ccc(C=Nc2sc3c(c2C(=O)Nc2cccc(C)c2C)CCCCCC3)o1. The van der Waals surface area contributed by atoms with Gasteiger partial charge in [0.25, 0.3) is 11.6 Å². The van der Waals surface area contributed by atoms with Crippen molar-refractivity contribution in [2.45, 2.75) is 59.3 Å². The highest BCUT2D eigenvalue weighted by Gasteiger charge is 2.24. The van der Waals surface area contributed by atoms with Crippen molar-refractivity contribution in [3.63, 3.8) is 0 Å². The topological polar surface area (TPSA) is 97.7 Å². The van der Waals surface area contributed by atoms with Gasteiger partial charge in [0.05, 0.1) is 16.7 Å². The number of aliphatic imine (C=N–C) groups is 1. The predicted molar refractivity (Wildman–Crippen MR) is 157 cm³/mol. The van der Waals surface area contributed by atoms with Crippen molar-refractivity contribution in [1.82, 2.24) is 0 Å². The molecule has 1 amide bonds. The zero-order valence-electron chi connectivity index (χ0n) is 22.4. The number of hydrogen-bond donors (Lipinski definition) is 1. The first-order valence-corrected chi connectivity index (χ1v) is 14.0. The normalized spacial score (nSPS) is 13.6. The number of amides is 1. The van der Waals surface area contributed by atoms with Crippen LogP contribution in [0.5, 0.6) is 0 Å². The Morgan fingerprint density at radius 1 is 1.03 bits per heavy atom. The molecule has 0 spiro atoms. The fraction of sp³-hybridized carbons (Fsp3) is 0.290. The number of rotatable bonds is 6. The van der Waals surface area contributed by atoms with Gasteiger partial charge >= 0.3 is 0 Å². The summed E-state index contributed by atoms with van der Waals surface area (Å²) in [6.07, 6.45) is 8.04. The monoisotopic (exact) mass is 541 g/mol. The minimum Gasteiger partial charge on any atom is -0.455 e. The first-order valence-electron chi connectivity index (χ1n) is 13.2. The molecule has 5 rings (SSSR count). The Kier molecular flexibility index (Phi) is 7.74. The van der Waals surface area contributed by atoms with Crippen molar-refractivity contribution >= 4 is 39.8 Å². The van der Waals surface area contributed by atoms with E-state index >= 15 is 0 Å². The van der Waals surface area contributed by atoms with E-state index in [1.54, 1.807) is 23.6 Å². The van der Waals surface area contributed by atoms with Crippen LogP contribution in [-0.4, -0.2) is 17.0 Å². The van der Waals surface area contributed by atoms with Crippen molar-refractivity contribution in [2.75, 3.05) is 5.32 Å². The summed E-state index contributed by atoms with van der Waals surface area (Å²) in [5.74, 6) is 1.02. The van der Waals surface area contributed by atoms with Gasteiger partial charge < -0.3 is 9.73 Å². The lowest BCUT2D eigenvalue weighted by Gasteiger charge is -2.13. The van der Waals surface area contributed by atoms with Gasteiger partial charge in [-0.05, 0) is 93.0 Å². The Labute approximate surface area is 231 Å². The Morgan fingerprint density at radius 2 is 1.82 bits per heavy atom. The zero-order chi connectivity index (χ0) is 27.5. The van der Waals surface area contributed by atoms with Crippen LogP contribution in [-0.2, 0) is 12.8 Å². The molecule has 0 aliphatic heterocycles. The number of non-ortho nitro benzene ring substituents is 1. The first-order chi connectivity index (χ1) is 18.8. The third-order valence-electron chi connectivity index (χ3n) is 7.35. The lowest BCUT2D eigenvalue weighted by Crippen LogP contribution is -2.15. The van der Waals surface area contributed by atoms with Crippen LogP contribution in [0, 0.1) is 30.9 Å². The summed E-state index contributed by atoms with van der Waals surface area (Å²) < 4.78 is 6.02. The van der Waals surface area contributed by atoms with Gasteiger partial charge in [0.2, 0.25) is 0 Å². The zero-order valence-corrected chi connectivity index (χ0v) is 23.2. The van der Waals surface area contributed by atoms with Crippen LogP contribution in [0.3, 0.4) is 0 Å². The van der Waals surface area contributed by atoms with Gasteiger partial charge in [0.1, 0.15) is 16.5 Å². The Bertz CT molecular complexity index is 1580. The van der Waals surface area contributed by atoms with E-state index in [9.17, 15) is 14.9 Å². The summed E-state index contributed by atoms with van der Waals surface area (Å²) in [7, 11) is 0. The molecule has 1 aliphatic rings. The third-order valence-corrected chi connectivity index (χ3v) is 8.55. The molecule has 0 radical (unpaired) electrons. The summed E-state index contributed by atoms with van der Waals surface area (Å²) in [5.41, 5.74) is 6.36. The highest BCUT2D eigenvalue weighted by Crippen LogP contribution is 2.39. The van der Waals surface area contributed by atoms with E-state index in [0.29, 0.717) is 22.1 Å². The van der Waals surface area contributed by atoms with Crippen LogP contribution < -0.4 is 5.32 Å². The third kappa shape index (κ3) is 5.71. The molecule has 7 nitrogen and oxygen atoms in total. The summed E-state index contributed by atoms with van der Waals surface area (Å²) in [5, 5.41) is 14.9. The molecule has 0 atom stereocenters. The van der Waals surface area contributed by atoms with Crippen LogP contribution >= 0.6 is 11.3 Å². The molecule has 0 fully saturated rings. The van der Waals surface area contributed by atoms with Gasteiger partial charge in [-0.1, -0.05) is 25.0 Å².